The number of fused-ring (bicyclic) bond motifs is 6. The van der Waals surface area contributed by atoms with Gasteiger partial charge in [0.1, 0.15) is 18.2 Å². The third kappa shape index (κ3) is 4.57. The summed E-state index contributed by atoms with van der Waals surface area (Å²) in [6.45, 7) is 3.75. The van der Waals surface area contributed by atoms with E-state index in [1.807, 2.05) is 25.5 Å². The van der Waals surface area contributed by atoms with E-state index in [4.69, 9.17) is 9.73 Å². The molecule has 0 unspecified atom stereocenters. The van der Waals surface area contributed by atoms with Crippen molar-refractivity contribution in [1.29, 1.82) is 0 Å². The number of pyridine rings is 2. The molecule has 2 aromatic heterocycles. The molecular formula is C24H23IN6OS. The smallest absolute Gasteiger partial charge is 0.149 e. The lowest BCUT2D eigenvalue weighted by Gasteiger charge is -2.17. The predicted molar refractivity (Wildman–Crippen MR) is 143 cm³/mol. The van der Waals surface area contributed by atoms with Gasteiger partial charge in [-0.15, -0.1) is 0 Å². The third-order valence-corrected chi connectivity index (χ3v) is 7.27. The van der Waals surface area contributed by atoms with Crippen molar-refractivity contribution in [3.05, 3.63) is 83.1 Å². The first-order chi connectivity index (χ1) is 16.2. The fourth-order valence-electron chi connectivity index (χ4n) is 3.98. The van der Waals surface area contributed by atoms with E-state index in [2.05, 4.69) is 83.5 Å². The quantitative estimate of drug-likeness (QED) is 0.346. The average molecular weight is 570 g/mol. The standard InChI is InChI=1S/C24H23IN6OS/c1-15-23-21(12-31(33-25)24(23)30-14-26-2)18-3-4-22-19(6-18)7-20(11-29-22)32-13-17-5-16(10-28-15)8-27-9-17/h3-9,11-12,26,28H,10,13-14H2,1-2H3/b23-15-,30-24+. The number of ether oxygens (including phenoxy) is 1. The van der Waals surface area contributed by atoms with E-state index in [0.29, 0.717) is 19.8 Å². The van der Waals surface area contributed by atoms with Gasteiger partial charge in [0.25, 0.3) is 0 Å². The summed E-state index contributed by atoms with van der Waals surface area (Å²) in [5.74, 6) is 1.67. The fraction of sp³-hybridized carbons (Fsp3) is 0.208. The monoisotopic (exact) mass is 570 g/mol. The number of aliphatic imine (C=N–C) groups is 1. The Kier molecular flexibility index (Phi) is 6.52. The molecule has 1 aromatic carbocycles. The molecule has 2 aliphatic rings. The molecule has 4 heterocycles. The molecular weight excluding hydrogens is 547 g/mol. The van der Waals surface area contributed by atoms with Crippen LogP contribution in [0.4, 0.5) is 0 Å². The first-order valence-electron chi connectivity index (χ1n) is 10.6. The van der Waals surface area contributed by atoms with Crippen LogP contribution < -0.4 is 15.4 Å². The van der Waals surface area contributed by atoms with Crippen LogP contribution in [-0.2, 0) is 13.2 Å². The number of nitrogens with one attached hydrogen (secondary N) is 2. The van der Waals surface area contributed by atoms with E-state index in [1.165, 1.54) is 0 Å². The Morgan fingerprint density at radius 3 is 2.94 bits per heavy atom. The van der Waals surface area contributed by atoms with Gasteiger partial charge < -0.3 is 15.4 Å². The molecule has 3 aromatic rings. The second-order valence-electron chi connectivity index (χ2n) is 7.85. The van der Waals surface area contributed by atoms with Crippen LogP contribution in [0, 0.1) is 0 Å². The average Bonchev–Trinajstić information content (AvgIpc) is 3.22. The van der Waals surface area contributed by atoms with E-state index in [9.17, 15) is 0 Å². The molecule has 0 fully saturated rings. The molecule has 168 valence electrons. The van der Waals surface area contributed by atoms with Gasteiger partial charge in [-0.3, -0.25) is 19.3 Å². The highest BCUT2D eigenvalue weighted by molar-refractivity contribution is 14.2. The largest absolute Gasteiger partial charge is 0.487 e. The minimum atomic E-state index is 0.446. The second-order valence-corrected chi connectivity index (χ2v) is 9.57. The molecule has 0 radical (unpaired) electrons. The molecule has 0 saturated carbocycles. The maximum Gasteiger partial charge on any atom is 0.149 e. The maximum atomic E-state index is 6.04. The highest BCUT2D eigenvalue weighted by atomic mass is 127. The maximum absolute atomic E-state index is 6.04. The first kappa shape index (κ1) is 22.2. The van der Waals surface area contributed by atoms with Crippen LogP contribution in [0.3, 0.4) is 0 Å². The number of aromatic nitrogens is 2. The zero-order chi connectivity index (χ0) is 22.8. The molecule has 0 atom stereocenters. The SMILES string of the molecule is CNC/N=C1\C2=C(\C)NCc3cncc(c3)COc3cnc4ccc(cc4c3)C2=CN1SI. The van der Waals surface area contributed by atoms with Crippen molar-refractivity contribution in [3.63, 3.8) is 0 Å². The molecule has 2 N–H and O–H groups in total. The van der Waals surface area contributed by atoms with Gasteiger partial charge >= 0.3 is 0 Å². The van der Waals surface area contributed by atoms with Gasteiger partial charge in [0, 0.05) is 83.3 Å². The Hall–Kier alpha value is -2.63. The highest BCUT2D eigenvalue weighted by Crippen LogP contribution is 2.39. The van der Waals surface area contributed by atoms with Gasteiger partial charge in [0.05, 0.1) is 18.4 Å². The number of allylic oxidation sites excluding steroid dienone is 1. The van der Waals surface area contributed by atoms with E-state index in [-0.39, 0.29) is 0 Å². The molecule has 0 aliphatic carbocycles. The second kappa shape index (κ2) is 9.70. The summed E-state index contributed by atoms with van der Waals surface area (Å²) in [7, 11) is 3.51. The molecule has 5 rings (SSSR count). The number of benzene rings is 1. The van der Waals surface area contributed by atoms with Crippen LogP contribution in [0.2, 0.25) is 0 Å². The molecule has 0 spiro atoms. The van der Waals surface area contributed by atoms with Crippen LogP contribution in [0.15, 0.2) is 71.4 Å². The summed E-state index contributed by atoms with van der Waals surface area (Å²) >= 11 is 2.30. The number of halogens is 1. The van der Waals surface area contributed by atoms with Gasteiger partial charge in [-0.05, 0) is 49.4 Å². The molecule has 9 heteroatoms. The lowest BCUT2D eigenvalue weighted by Crippen LogP contribution is -2.22. The molecule has 7 nitrogen and oxygen atoms in total. The molecule has 0 amide bonds. The number of hydrogen-bond acceptors (Lipinski definition) is 7. The summed E-state index contributed by atoms with van der Waals surface area (Å²) in [4.78, 5) is 13.8. The van der Waals surface area contributed by atoms with Crippen LogP contribution in [0.1, 0.15) is 23.6 Å². The zero-order valence-electron chi connectivity index (χ0n) is 18.3. The number of nitrogens with zero attached hydrogens (tertiary/aromatic N) is 4. The minimum Gasteiger partial charge on any atom is -0.487 e. The van der Waals surface area contributed by atoms with Crippen molar-refractivity contribution in [1.82, 2.24) is 24.9 Å². The van der Waals surface area contributed by atoms with E-state index in [0.717, 1.165) is 56.0 Å². The predicted octanol–water partition coefficient (Wildman–Crippen LogP) is 4.82. The Labute approximate surface area is 209 Å². The Bertz CT molecular complexity index is 1310. The Balaban J connectivity index is 1.70. The van der Waals surface area contributed by atoms with Crippen LogP contribution >= 0.6 is 30.3 Å². The molecule has 2 aliphatic heterocycles. The van der Waals surface area contributed by atoms with Crippen molar-refractivity contribution in [2.45, 2.75) is 20.1 Å². The van der Waals surface area contributed by atoms with Crippen molar-refractivity contribution < 1.29 is 4.74 Å². The third-order valence-electron chi connectivity index (χ3n) is 5.57. The number of hydrogen-bond donors (Lipinski definition) is 2. The lowest BCUT2D eigenvalue weighted by molar-refractivity contribution is 0.305. The summed E-state index contributed by atoms with van der Waals surface area (Å²) in [5.41, 5.74) is 7.43. The van der Waals surface area contributed by atoms with Gasteiger partial charge in [-0.2, -0.15) is 0 Å². The van der Waals surface area contributed by atoms with Crippen molar-refractivity contribution in [3.8, 4) is 5.75 Å². The number of rotatable bonds is 3. The first-order valence-corrected chi connectivity index (χ1v) is 13.9. The molecule has 33 heavy (non-hydrogen) atoms. The molecule has 5 bridgehead atoms. The van der Waals surface area contributed by atoms with Crippen molar-refractivity contribution in [2.24, 2.45) is 4.99 Å². The van der Waals surface area contributed by atoms with E-state index < -0.39 is 0 Å². The Morgan fingerprint density at radius 2 is 2.09 bits per heavy atom. The van der Waals surface area contributed by atoms with E-state index in [1.54, 1.807) is 15.3 Å². The van der Waals surface area contributed by atoms with Crippen LogP contribution in [0.25, 0.3) is 16.5 Å². The highest BCUT2D eigenvalue weighted by Gasteiger charge is 2.29. The van der Waals surface area contributed by atoms with Crippen LogP contribution in [-0.4, -0.2) is 33.8 Å². The summed E-state index contributed by atoms with van der Waals surface area (Å²) in [6, 6.07) is 10.5. The van der Waals surface area contributed by atoms with Crippen LogP contribution in [0.5, 0.6) is 5.75 Å². The Morgan fingerprint density at radius 1 is 1.21 bits per heavy atom. The van der Waals surface area contributed by atoms with Crippen molar-refractivity contribution >= 4 is 52.6 Å². The zero-order valence-corrected chi connectivity index (χ0v) is 21.3. The van der Waals surface area contributed by atoms with Crippen molar-refractivity contribution in [2.75, 3.05) is 13.7 Å². The summed E-state index contributed by atoms with van der Waals surface area (Å²) < 4.78 is 8.15. The van der Waals surface area contributed by atoms with Gasteiger partial charge in [-0.1, -0.05) is 6.07 Å². The minimum absolute atomic E-state index is 0.446. The van der Waals surface area contributed by atoms with Gasteiger partial charge in [0.2, 0.25) is 0 Å². The molecule has 0 saturated heterocycles. The normalized spacial score (nSPS) is 19.2. The lowest BCUT2D eigenvalue weighted by atomic mass is 9.97. The summed E-state index contributed by atoms with van der Waals surface area (Å²) in [5, 5.41) is 7.77. The van der Waals surface area contributed by atoms with Gasteiger partial charge in [-0.25, -0.2) is 0 Å². The summed E-state index contributed by atoms with van der Waals surface area (Å²) in [6.07, 6.45) is 7.66. The topological polar surface area (TPSA) is 74.7 Å². The van der Waals surface area contributed by atoms with E-state index >= 15 is 0 Å². The number of amidine groups is 1. The fourth-order valence-corrected chi connectivity index (χ4v) is 5.24. The van der Waals surface area contributed by atoms with Gasteiger partial charge in [0.15, 0.2) is 0 Å².